The van der Waals surface area contributed by atoms with Gasteiger partial charge in [-0.05, 0) is 58.7 Å². The first-order chi connectivity index (χ1) is 18.0. The molecule has 3 aromatic carbocycles. The maximum Gasteiger partial charge on any atom is 0.300 e. The molecule has 1 N–H and O–H groups in total. The number of ketones is 1. The number of fused-ring (bicyclic) bond motifs is 1. The lowest BCUT2D eigenvalue weighted by molar-refractivity contribution is -0.132. The number of benzene rings is 3. The van der Waals surface area contributed by atoms with Gasteiger partial charge in [0.05, 0.1) is 11.6 Å². The van der Waals surface area contributed by atoms with E-state index in [9.17, 15) is 14.7 Å². The van der Waals surface area contributed by atoms with E-state index in [0.29, 0.717) is 28.7 Å². The fourth-order valence-corrected chi connectivity index (χ4v) is 5.00. The maximum absolute atomic E-state index is 13.6. The van der Waals surface area contributed by atoms with Crippen LogP contribution in [0, 0.1) is 6.92 Å². The Labute approximate surface area is 223 Å². The summed E-state index contributed by atoms with van der Waals surface area (Å²) in [5.41, 5.74) is 4.66. The number of carbonyl (C=O) groups is 2. The van der Waals surface area contributed by atoms with E-state index in [0.717, 1.165) is 22.3 Å². The van der Waals surface area contributed by atoms with Crippen LogP contribution in [0.4, 0.5) is 5.69 Å². The molecule has 1 atom stereocenters. The molecule has 1 fully saturated rings. The van der Waals surface area contributed by atoms with Gasteiger partial charge < -0.3 is 14.6 Å². The zero-order valence-electron chi connectivity index (χ0n) is 22.7. The Balaban J connectivity index is 1.72. The molecule has 0 bridgehead atoms. The molecular weight excluding hydrogens is 478 g/mol. The SMILES string of the molecule is Cc1ccc(C(C)(C)C)cc1/C(O)=C1\C(=O)C(=O)N(c2ccc3c(c2)OCO3)C1c1ccc(C(C)C)cc1. The second-order valence-corrected chi connectivity index (χ2v) is 11.3. The minimum atomic E-state index is -0.811. The van der Waals surface area contributed by atoms with Crippen molar-refractivity contribution in [3.63, 3.8) is 0 Å². The predicted molar refractivity (Wildman–Crippen MR) is 148 cm³/mol. The molecule has 6 heteroatoms. The van der Waals surface area contributed by atoms with Crippen LogP contribution in [0.5, 0.6) is 11.5 Å². The van der Waals surface area contributed by atoms with E-state index in [2.05, 4.69) is 34.6 Å². The van der Waals surface area contributed by atoms with E-state index in [1.165, 1.54) is 4.90 Å². The largest absolute Gasteiger partial charge is 0.507 e. The Morgan fingerprint density at radius 3 is 2.29 bits per heavy atom. The number of hydrogen-bond acceptors (Lipinski definition) is 5. The van der Waals surface area contributed by atoms with Crippen molar-refractivity contribution in [3.05, 3.63) is 94.1 Å². The molecule has 1 saturated heterocycles. The van der Waals surface area contributed by atoms with Gasteiger partial charge >= 0.3 is 0 Å². The minimum absolute atomic E-state index is 0.0686. The Kier molecular flexibility index (Phi) is 6.30. The second-order valence-electron chi connectivity index (χ2n) is 11.3. The van der Waals surface area contributed by atoms with Crippen LogP contribution in [-0.2, 0) is 15.0 Å². The standard InChI is InChI=1S/C32H33NO5/c1-18(2)20-8-10-21(11-9-20)28-27(29(34)24-15-22(32(4,5)6)12-7-19(24)3)30(35)31(36)33(28)23-13-14-25-26(16-23)38-17-37-25/h7-16,18,28,34H,17H2,1-6H3/b29-27+. The van der Waals surface area contributed by atoms with Gasteiger partial charge in [0, 0.05) is 17.3 Å². The van der Waals surface area contributed by atoms with Crippen molar-refractivity contribution in [2.24, 2.45) is 0 Å². The summed E-state index contributed by atoms with van der Waals surface area (Å²) in [6, 6.07) is 18.1. The molecule has 1 unspecified atom stereocenters. The lowest BCUT2D eigenvalue weighted by atomic mass is 9.84. The van der Waals surface area contributed by atoms with Crippen LogP contribution in [0.3, 0.4) is 0 Å². The first-order valence-corrected chi connectivity index (χ1v) is 12.9. The van der Waals surface area contributed by atoms with Crippen molar-refractivity contribution in [1.82, 2.24) is 0 Å². The normalized spacial score (nSPS) is 18.5. The molecule has 2 heterocycles. The number of ether oxygens (including phenoxy) is 2. The van der Waals surface area contributed by atoms with Crippen molar-refractivity contribution < 1.29 is 24.2 Å². The van der Waals surface area contributed by atoms with Crippen molar-refractivity contribution in [2.45, 2.75) is 58.9 Å². The molecule has 196 valence electrons. The number of aliphatic hydroxyl groups excluding tert-OH is 1. The topological polar surface area (TPSA) is 76.1 Å². The van der Waals surface area contributed by atoms with Gasteiger partial charge in [0.15, 0.2) is 11.5 Å². The third-order valence-corrected chi connectivity index (χ3v) is 7.36. The molecule has 1 amide bonds. The quantitative estimate of drug-likeness (QED) is 0.238. The smallest absolute Gasteiger partial charge is 0.300 e. The predicted octanol–water partition coefficient (Wildman–Crippen LogP) is 6.77. The first-order valence-electron chi connectivity index (χ1n) is 12.9. The molecule has 6 nitrogen and oxygen atoms in total. The summed E-state index contributed by atoms with van der Waals surface area (Å²) in [5.74, 6) is -0.184. The minimum Gasteiger partial charge on any atom is -0.507 e. The number of aryl methyl sites for hydroxylation is 1. The highest BCUT2D eigenvalue weighted by atomic mass is 16.7. The maximum atomic E-state index is 13.6. The molecule has 0 aromatic heterocycles. The Hall–Kier alpha value is -4.06. The van der Waals surface area contributed by atoms with Crippen LogP contribution < -0.4 is 14.4 Å². The molecule has 5 rings (SSSR count). The Morgan fingerprint density at radius 2 is 1.63 bits per heavy atom. The van der Waals surface area contributed by atoms with Crippen molar-refractivity contribution in [2.75, 3.05) is 11.7 Å². The van der Waals surface area contributed by atoms with Gasteiger partial charge in [-0.3, -0.25) is 14.5 Å². The number of amides is 1. The molecule has 0 radical (unpaired) electrons. The van der Waals surface area contributed by atoms with Gasteiger partial charge in [0.1, 0.15) is 5.76 Å². The van der Waals surface area contributed by atoms with Crippen LogP contribution >= 0.6 is 0 Å². The van der Waals surface area contributed by atoms with Crippen LogP contribution in [0.1, 0.15) is 74.4 Å². The summed E-state index contributed by atoms with van der Waals surface area (Å²) in [5, 5.41) is 11.7. The van der Waals surface area contributed by atoms with Gasteiger partial charge in [0.25, 0.3) is 11.7 Å². The van der Waals surface area contributed by atoms with Crippen LogP contribution in [0.15, 0.2) is 66.2 Å². The monoisotopic (exact) mass is 511 g/mol. The molecule has 2 aliphatic heterocycles. The Morgan fingerprint density at radius 1 is 0.947 bits per heavy atom. The lowest BCUT2D eigenvalue weighted by Gasteiger charge is -2.26. The fourth-order valence-electron chi connectivity index (χ4n) is 5.00. The average molecular weight is 512 g/mol. The molecule has 3 aromatic rings. The summed E-state index contributed by atoms with van der Waals surface area (Å²) in [6.07, 6.45) is 0. The number of nitrogens with zero attached hydrogens (tertiary/aromatic N) is 1. The van der Waals surface area contributed by atoms with E-state index >= 15 is 0 Å². The molecule has 0 saturated carbocycles. The van der Waals surface area contributed by atoms with Crippen LogP contribution in [0.2, 0.25) is 0 Å². The average Bonchev–Trinajstić information content (AvgIpc) is 3.45. The van der Waals surface area contributed by atoms with Gasteiger partial charge in [-0.2, -0.15) is 0 Å². The summed E-state index contributed by atoms with van der Waals surface area (Å²) >= 11 is 0. The van der Waals surface area contributed by atoms with Gasteiger partial charge in [0.2, 0.25) is 6.79 Å². The van der Waals surface area contributed by atoms with Crippen molar-refractivity contribution >= 4 is 23.1 Å². The third-order valence-electron chi connectivity index (χ3n) is 7.36. The summed E-state index contributed by atoms with van der Waals surface area (Å²) in [7, 11) is 0. The zero-order chi connectivity index (χ0) is 27.4. The number of hydrogen-bond donors (Lipinski definition) is 1. The van der Waals surface area contributed by atoms with Crippen molar-refractivity contribution in [3.8, 4) is 11.5 Å². The molecular formula is C32H33NO5. The summed E-state index contributed by atoms with van der Waals surface area (Å²) in [6.45, 7) is 12.5. The molecule has 38 heavy (non-hydrogen) atoms. The fraction of sp³-hybridized carbons (Fsp3) is 0.312. The first kappa shape index (κ1) is 25.6. The van der Waals surface area contributed by atoms with E-state index in [-0.39, 0.29) is 23.5 Å². The van der Waals surface area contributed by atoms with Gasteiger partial charge in [-0.15, -0.1) is 0 Å². The highest BCUT2D eigenvalue weighted by Crippen LogP contribution is 2.45. The number of Topliss-reactive ketones (excluding diaryl/α,β-unsaturated/α-hetero) is 1. The zero-order valence-corrected chi connectivity index (χ0v) is 22.7. The molecule has 0 spiro atoms. The lowest BCUT2D eigenvalue weighted by Crippen LogP contribution is -2.29. The number of anilines is 1. The van der Waals surface area contributed by atoms with Crippen LogP contribution in [0.25, 0.3) is 5.76 Å². The van der Waals surface area contributed by atoms with E-state index in [4.69, 9.17) is 9.47 Å². The second kappa shape index (κ2) is 9.35. The summed E-state index contributed by atoms with van der Waals surface area (Å²) in [4.78, 5) is 28.7. The highest BCUT2D eigenvalue weighted by Gasteiger charge is 2.47. The number of aliphatic hydroxyl groups is 1. The number of carbonyl (C=O) groups excluding carboxylic acids is 2. The van der Waals surface area contributed by atoms with Gasteiger partial charge in [-0.1, -0.05) is 71.0 Å². The van der Waals surface area contributed by atoms with Crippen LogP contribution in [-0.4, -0.2) is 23.6 Å². The molecule has 2 aliphatic rings. The molecule has 0 aliphatic carbocycles. The third kappa shape index (κ3) is 4.34. The van der Waals surface area contributed by atoms with Crippen molar-refractivity contribution in [1.29, 1.82) is 0 Å². The highest BCUT2D eigenvalue weighted by molar-refractivity contribution is 6.51. The summed E-state index contributed by atoms with van der Waals surface area (Å²) < 4.78 is 11.0. The van der Waals surface area contributed by atoms with E-state index in [1.54, 1.807) is 18.2 Å². The van der Waals surface area contributed by atoms with E-state index in [1.807, 2.05) is 49.4 Å². The Bertz CT molecular complexity index is 1460. The van der Waals surface area contributed by atoms with E-state index < -0.39 is 17.7 Å². The van der Waals surface area contributed by atoms with Gasteiger partial charge in [-0.25, -0.2) is 0 Å². The number of rotatable bonds is 4.